The number of amides is 1. The molecule has 0 spiro atoms. The van der Waals surface area contributed by atoms with Crippen molar-refractivity contribution in [2.45, 2.75) is 0 Å². The number of primary amides is 1. The molecule has 0 radical (unpaired) electrons. The minimum Gasteiger partial charge on any atom is -0.478 e. The molecule has 10 nitrogen and oxygen atoms in total. The number of nitrogens with two attached hydrogens (primary N) is 5. The number of hydrogen-bond acceptors (Lipinski definition) is 8. The average Bonchev–Trinajstić information content (AvgIpc) is 2.62. The summed E-state index contributed by atoms with van der Waals surface area (Å²) in [5.74, 6) is 0.154. The maximum atomic E-state index is 10.6. The fourth-order valence-electron chi connectivity index (χ4n) is 1.74. The van der Waals surface area contributed by atoms with Crippen LogP contribution >= 0.6 is 0 Å². The molecule has 0 aliphatic carbocycles. The highest BCUT2D eigenvalue weighted by Gasteiger charge is 2.05. The summed E-state index contributed by atoms with van der Waals surface area (Å²) >= 11 is 0. The first-order chi connectivity index (χ1) is 13.2. The van der Waals surface area contributed by atoms with Crippen LogP contribution in [0.5, 0.6) is 0 Å². The first kappa shape index (κ1) is 21.7. The van der Waals surface area contributed by atoms with E-state index < -0.39 is 11.9 Å². The van der Waals surface area contributed by atoms with Crippen LogP contribution in [0.4, 0.5) is 23.3 Å². The molecule has 0 fully saturated rings. The molecule has 28 heavy (non-hydrogen) atoms. The quantitative estimate of drug-likeness (QED) is 0.371. The minimum absolute atomic E-state index is 0.0614. The second kappa shape index (κ2) is 10.6. The van der Waals surface area contributed by atoms with Gasteiger partial charge in [0.05, 0.1) is 5.56 Å². The van der Waals surface area contributed by atoms with Gasteiger partial charge in [0.2, 0.25) is 5.91 Å². The van der Waals surface area contributed by atoms with Gasteiger partial charge in [-0.2, -0.15) is 0 Å². The smallest absolute Gasteiger partial charge is 0.335 e. The first-order valence-corrected chi connectivity index (χ1v) is 7.78. The van der Waals surface area contributed by atoms with Crippen LogP contribution in [0.25, 0.3) is 0 Å². The number of aromatic carboxylic acids is 1. The fraction of sp³-hybridized carbons (Fsp3) is 0. The predicted molar refractivity (Wildman–Crippen MR) is 108 cm³/mol. The van der Waals surface area contributed by atoms with Crippen LogP contribution in [0.15, 0.2) is 60.7 Å². The predicted octanol–water partition coefficient (Wildman–Crippen LogP) is 0.976. The molecule has 3 rings (SSSR count). The number of carbonyl (C=O) groups excluding carboxylic acids is 1. The number of rotatable bonds is 2. The Hall–Kier alpha value is -4.34. The maximum Gasteiger partial charge on any atom is 0.335 e. The van der Waals surface area contributed by atoms with Crippen LogP contribution in [-0.4, -0.2) is 27.0 Å². The van der Waals surface area contributed by atoms with E-state index >= 15 is 0 Å². The van der Waals surface area contributed by atoms with Crippen molar-refractivity contribution in [2.24, 2.45) is 5.73 Å². The molecule has 0 aliphatic rings. The molecule has 0 bridgehead atoms. The Labute approximate surface area is 161 Å². The van der Waals surface area contributed by atoms with E-state index in [1.165, 1.54) is 24.3 Å². The lowest BCUT2D eigenvalue weighted by molar-refractivity contribution is 0.0697. The molecule has 0 aliphatic heterocycles. The SMILES string of the molecule is NC(=O)c1cccc(C(=O)O)c1.Nc1cccc(N)n1.Nc1cccc(N)n1. The highest BCUT2D eigenvalue weighted by molar-refractivity contribution is 5.96. The normalized spacial score (nSPS) is 9.14. The molecule has 146 valence electrons. The van der Waals surface area contributed by atoms with Gasteiger partial charge in [-0.1, -0.05) is 18.2 Å². The second-order valence-electron chi connectivity index (χ2n) is 5.22. The number of nitrogens with zero attached hydrogens (tertiary/aromatic N) is 2. The highest BCUT2D eigenvalue weighted by Crippen LogP contribution is 2.04. The standard InChI is InChI=1S/C8H7NO3.2C5H7N3/c9-7(10)5-2-1-3-6(4-5)8(11)12;2*6-4-2-1-3-5(7)8-4/h1-4H,(H2,9,10)(H,11,12);2*1-3H,(H4,6,7,8). The van der Waals surface area contributed by atoms with Crippen LogP contribution in [0.3, 0.4) is 0 Å². The fourth-order valence-corrected chi connectivity index (χ4v) is 1.74. The maximum absolute atomic E-state index is 10.6. The monoisotopic (exact) mass is 383 g/mol. The summed E-state index contributed by atoms with van der Waals surface area (Å²) < 4.78 is 0. The summed E-state index contributed by atoms with van der Waals surface area (Å²) in [7, 11) is 0. The van der Waals surface area contributed by atoms with Gasteiger partial charge in [0.15, 0.2) is 0 Å². The molecule has 0 saturated heterocycles. The molecular formula is C18H21N7O3. The molecule has 1 aromatic carbocycles. The highest BCUT2D eigenvalue weighted by atomic mass is 16.4. The molecule has 10 heteroatoms. The minimum atomic E-state index is -1.07. The van der Waals surface area contributed by atoms with E-state index in [9.17, 15) is 9.59 Å². The van der Waals surface area contributed by atoms with Crippen molar-refractivity contribution >= 4 is 35.1 Å². The number of pyridine rings is 2. The van der Waals surface area contributed by atoms with E-state index in [0.29, 0.717) is 23.3 Å². The van der Waals surface area contributed by atoms with Crippen LogP contribution in [-0.2, 0) is 0 Å². The van der Waals surface area contributed by atoms with Crippen LogP contribution in [0.2, 0.25) is 0 Å². The van der Waals surface area contributed by atoms with E-state index in [1.807, 2.05) is 0 Å². The van der Waals surface area contributed by atoms with Gasteiger partial charge in [-0.15, -0.1) is 0 Å². The lowest BCUT2D eigenvalue weighted by atomic mass is 10.1. The Morgan fingerprint density at radius 1 is 0.679 bits per heavy atom. The van der Waals surface area contributed by atoms with Crippen LogP contribution in [0, 0.1) is 0 Å². The van der Waals surface area contributed by atoms with E-state index in [1.54, 1.807) is 36.4 Å². The van der Waals surface area contributed by atoms with Crippen molar-refractivity contribution in [1.82, 2.24) is 9.97 Å². The third-order valence-corrected chi connectivity index (χ3v) is 2.98. The molecule has 0 saturated carbocycles. The average molecular weight is 383 g/mol. The van der Waals surface area contributed by atoms with Gasteiger partial charge in [0.25, 0.3) is 0 Å². The van der Waals surface area contributed by atoms with E-state index in [-0.39, 0.29) is 11.1 Å². The molecule has 0 unspecified atom stereocenters. The zero-order valence-electron chi connectivity index (χ0n) is 14.8. The number of carboxylic acids is 1. The molecular weight excluding hydrogens is 362 g/mol. The van der Waals surface area contributed by atoms with E-state index in [0.717, 1.165) is 0 Å². The summed E-state index contributed by atoms with van der Waals surface area (Å²) in [4.78, 5) is 28.5. The van der Waals surface area contributed by atoms with Gasteiger partial charge in [-0.05, 0) is 42.5 Å². The van der Waals surface area contributed by atoms with Crippen molar-refractivity contribution in [3.8, 4) is 0 Å². The van der Waals surface area contributed by atoms with Gasteiger partial charge >= 0.3 is 5.97 Å². The Morgan fingerprint density at radius 2 is 1.04 bits per heavy atom. The van der Waals surface area contributed by atoms with Gasteiger partial charge < -0.3 is 33.8 Å². The molecule has 3 aromatic rings. The number of benzene rings is 1. The van der Waals surface area contributed by atoms with Crippen LogP contribution in [0.1, 0.15) is 20.7 Å². The zero-order chi connectivity index (χ0) is 21.1. The van der Waals surface area contributed by atoms with Crippen molar-refractivity contribution in [1.29, 1.82) is 0 Å². The Balaban J connectivity index is 0.000000217. The van der Waals surface area contributed by atoms with Crippen molar-refractivity contribution in [2.75, 3.05) is 22.9 Å². The van der Waals surface area contributed by atoms with Gasteiger partial charge in [0, 0.05) is 5.56 Å². The lowest BCUT2D eigenvalue weighted by Gasteiger charge is -1.96. The topological polar surface area (TPSA) is 210 Å². The Kier molecular flexibility index (Phi) is 8.22. The van der Waals surface area contributed by atoms with Crippen LogP contribution < -0.4 is 28.7 Å². The van der Waals surface area contributed by atoms with E-state index in [4.69, 9.17) is 33.8 Å². The van der Waals surface area contributed by atoms with Gasteiger partial charge in [-0.25, -0.2) is 14.8 Å². The summed E-state index contributed by atoms with van der Waals surface area (Å²) in [6.45, 7) is 0. The number of aromatic nitrogens is 2. The van der Waals surface area contributed by atoms with Gasteiger partial charge in [-0.3, -0.25) is 4.79 Å². The summed E-state index contributed by atoms with van der Waals surface area (Å²) in [6.07, 6.45) is 0. The lowest BCUT2D eigenvalue weighted by Crippen LogP contribution is -2.11. The molecule has 2 heterocycles. The summed E-state index contributed by atoms with van der Waals surface area (Å²) in [5, 5.41) is 8.54. The number of carboxylic acid groups (broad SMARTS) is 1. The number of hydrogen-bond donors (Lipinski definition) is 6. The summed E-state index contributed by atoms with van der Waals surface area (Å²) in [6, 6.07) is 15.9. The van der Waals surface area contributed by atoms with Crippen molar-refractivity contribution in [3.63, 3.8) is 0 Å². The second-order valence-corrected chi connectivity index (χ2v) is 5.22. The molecule has 1 amide bonds. The van der Waals surface area contributed by atoms with Crippen molar-refractivity contribution < 1.29 is 14.7 Å². The number of nitrogen functional groups attached to an aromatic ring is 4. The summed E-state index contributed by atoms with van der Waals surface area (Å²) in [5.41, 5.74) is 26.3. The van der Waals surface area contributed by atoms with E-state index in [2.05, 4.69) is 9.97 Å². The molecule has 11 N–H and O–H groups in total. The Bertz CT molecular complexity index is 840. The Morgan fingerprint density at radius 3 is 1.32 bits per heavy atom. The molecule has 0 atom stereocenters. The third-order valence-electron chi connectivity index (χ3n) is 2.98. The third kappa shape index (κ3) is 8.16. The number of anilines is 4. The largest absolute Gasteiger partial charge is 0.478 e. The van der Waals surface area contributed by atoms with Crippen molar-refractivity contribution in [3.05, 3.63) is 71.8 Å². The molecule has 2 aromatic heterocycles. The van der Waals surface area contributed by atoms with Gasteiger partial charge in [0.1, 0.15) is 23.3 Å². The number of carbonyl (C=O) groups is 2. The zero-order valence-corrected chi connectivity index (χ0v) is 14.8. The first-order valence-electron chi connectivity index (χ1n) is 7.78.